The van der Waals surface area contributed by atoms with E-state index in [9.17, 15) is 0 Å². The molecule has 4 nitrogen and oxygen atoms in total. The Kier molecular flexibility index (Phi) is 4.80. The van der Waals surface area contributed by atoms with Gasteiger partial charge in [-0.15, -0.1) is 10.2 Å². The molecule has 112 valence electrons. The molecule has 6 heteroatoms. The van der Waals surface area contributed by atoms with Crippen LogP contribution in [0.2, 0.25) is 0 Å². The number of aromatic nitrogens is 3. The molecule has 2 aromatic carbocycles. The number of halogens is 1. The molecule has 0 amide bonds. The van der Waals surface area contributed by atoms with Crippen molar-refractivity contribution < 1.29 is 0 Å². The first kappa shape index (κ1) is 15.1. The van der Waals surface area contributed by atoms with Gasteiger partial charge in [0.2, 0.25) is 5.16 Å². The molecule has 0 aliphatic carbocycles. The number of hydrogen-bond donors (Lipinski definition) is 1. The molecule has 0 aliphatic rings. The molecule has 0 radical (unpaired) electrons. The van der Waals surface area contributed by atoms with Crippen LogP contribution in [-0.4, -0.2) is 14.9 Å². The van der Waals surface area contributed by atoms with Crippen LogP contribution >= 0.6 is 27.7 Å². The molecule has 2 N–H and O–H groups in total. The van der Waals surface area contributed by atoms with Crippen molar-refractivity contribution in [2.75, 3.05) is 5.84 Å². The van der Waals surface area contributed by atoms with Crippen molar-refractivity contribution in [2.45, 2.75) is 17.3 Å². The Hall–Kier alpha value is -1.79. The summed E-state index contributed by atoms with van der Waals surface area (Å²) in [5.74, 6) is 7.68. The molecule has 0 saturated carbocycles. The van der Waals surface area contributed by atoms with Crippen molar-refractivity contribution >= 4 is 27.7 Å². The Morgan fingerprint density at radius 1 is 0.955 bits per heavy atom. The first-order chi connectivity index (χ1) is 10.7. The molecule has 1 aromatic heterocycles. The second kappa shape index (κ2) is 6.98. The Morgan fingerprint density at radius 3 is 2.41 bits per heavy atom. The zero-order chi connectivity index (χ0) is 15.4. The fourth-order valence-electron chi connectivity index (χ4n) is 2.03. The molecule has 0 saturated heterocycles. The minimum Gasteiger partial charge on any atom is -0.336 e. The Morgan fingerprint density at radius 2 is 1.68 bits per heavy atom. The summed E-state index contributed by atoms with van der Waals surface area (Å²) in [7, 11) is 0. The SMILES string of the molecule is Nn1c(Cc2ccccc2)nnc1SCc1ccc(Br)cc1. The molecule has 0 spiro atoms. The van der Waals surface area contributed by atoms with Crippen molar-refractivity contribution in [1.29, 1.82) is 0 Å². The summed E-state index contributed by atoms with van der Waals surface area (Å²) in [6.45, 7) is 0. The average Bonchev–Trinajstić information content (AvgIpc) is 2.88. The van der Waals surface area contributed by atoms with E-state index in [1.807, 2.05) is 30.3 Å². The molecule has 0 fully saturated rings. The van der Waals surface area contributed by atoms with Crippen LogP contribution in [0.5, 0.6) is 0 Å². The number of nitrogen functional groups attached to an aromatic ring is 1. The zero-order valence-corrected chi connectivity index (χ0v) is 14.2. The van der Waals surface area contributed by atoms with Crippen molar-refractivity contribution in [3.63, 3.8) is 0 Å². The number of thioether (sulfide) groups is 1. The third kappa shape index (κ3) is 3.69. The fraction of sp³-hybridized carbons (Fsp3) is 0.125. The molecular weight excluding hydrogens is 360 g/mol. The highest BCUT2D eigenvalue weighted by molar-refractivity contribution is 9.10. The molecular formula is C16H15BrN4S. The van der Waals surface area contributed by atoms with Crippen LogP contribution in [0.4, 0.5) is 0 Å². The summed E-state index contributed by atoms with van der Waals surface area (Å²) < 4.78 is 2.66. The topological polar surface area (TPSA) is 56.7 Å². The number of nitrogens with two attached hydrogens (primary N) is 1. The summed E-state index contributed by atoms with van der Waals surface area (Å²) in [6.07, 6.45) is 0.684. The van der Waals surface area contributed by atoms with Gasteiger partial charge in [-0.2, -0.15) is 0 Å². The third-order valence-electron chi connectivity index (χ3n) is 3.22. The molecule has 3 aromatic rings. The molecule has 0 bridgehead atoms. The van der Waals surface area contributed by atoms with E-state index in [1.54, 1.807) is 16.4 Å². The van der Waals surface area contributed by atoms with Crippen LogP contribution in [0.3, 0.4) is 0 Å². The second-order valence-corrected chi connectivity index (χ2v) is 6.70. The lowest BCUT2D eigenvalue weighted by Crippen LogP contribution is -2.14. The Labute approximate surface area is 141 Å². The van der Waals surface area contributed by atoms with Crippen LogP contribution in [0.25, 0.3) is 0 Å². The summed E-state index contributed by atoms with van der Waals surface area (Å²) in [5, 5.41) is 9.11. The zero-order valence-electron chi connectivity index (χ0n) is 11.8. The van der Waals surface area contributed by atoms with Gasteiger partial charge >= 0.3 is 0 Å². The van der Waals surface area contributed by atoms with E-state index >= 15 is 0 Å². The molecule has 0 aliphatic heterocycles. The van der Waals surface area contributed by atoms with E-state index < -0.39 is 0 Å². The molecule has 3 rings (SSSR count). The number of nitrogens with zero attached hydrogens (tertiary/aromatic N) is 3. The van der Waals surface area contributed by atoms with Crippen LogP contribution in [0.15, 0.2) is 64.2 Å². The first-order valence-corrected chi connectivity index (χ1v) is 8.61. The van der Waals surface area contributed by atoms with E-state index in [2.05, 4.69) is 50.4 Å². The van der Waals surface area contributed by atoms with Gasteiger partial charge in [0.05, 0.1) is 0 Å². The lowest BCUT2D eigenvalue weighted by atomic mass is 10.1. The van der Waals surface area contributed by atoms with Gasteiger partial charge in [-0.05, 0) is 23.3 Å². The standard InChI is InChI=1S/C16H15BrN4S/c17-14-8-6-13(7-9-14)11-22-16-20-19-15(21(16)18)10-12-4-2-1-3-5-12/h1-9H,10-11,18H2. The van der Waals surface area contributed by atoms with Gasteiger partial charge in [0.1, 0.15) is 0 Å². The van der Waals surface area contributed by atoms with Crippen molar-refractivity contribution in [2.24, 2.45) is 0 Å². The van der Waals surface area contributed by atoms with Crippen LogP contribution in [0, 0.1) is 0 Å². The summed E-state index contributed by atoms with van der Waals surface area (Å²) in [6, 6.07) is 18.4. The van der Waals surface area contributed by atoms with Gasteiger partial charge in [-0.1, -0.05) is 70.2 Å². The number of hydrogen-bond acceptors (Lipinski definition) is 4. The van der Waals surface area contributed by atoms with Gasteiger partial charge in [0, 0.05) is 16.6 Å². The van der Waals surface area contributed by atoms with Gasteiger partial charge in [-0.25, -0.2) is 4.68 Å². The largest absolute Gasteiger partial charge is 0.336 e. The maximum absolute atomic E-state index is 6.10. The minimum atomic E-state index is 0.684. The van der Waals surface area contributed by atoms with Crippen molar-refractivity contribution in [1.82, 2.24) is 14.9 Å². The van der Waals surface area contributed by atoms with E-state index in [4.69, 9.17) is 5.84 Å². The van der Waals surface area contributed by atoms with Crippen LogP contribution in [0.1, 0.15) is 17.0 Å². The normalized spacial score (nSPS) is 10.8. The first-order valence-electron chi connectivity index (χ1n) is 6.83. The van der Waals surface area contributed by atoms with E-state index in [-0.39, 0.29) is 0 Å². The summed E-state index contributed by atoms with van der Waals surface area (Å²) >= 11 is 5.02. The number of rotatable bonds is 5. The maximum Gasteiger partial charge on any atom is 0.210 e. The summed E-state index contributed by atoms with van der Waals surface area (Å²) in [5.41, 5.74) is 2.40. The van der Waals surface area contributed by atoms with Crippen molar-refractivity contribution in [3.8, 4) is 0 Å². The predicted molar refractivity (Wildman–Crippen MR) is 93.1 cm³/mol. The Balaban J connectivity index is 1.67. The summed E-state index contributed by atoms with van der Waals surface area (Å²) in [4.78, 5) is 0. The quantitative estimate of drug-likeness (QED) is 0.547. The number of benzene rings is 2. The lowest BCUT2D eigenvalue weighted by Gasteiger charge is -2.04. The van der Waals surface area contributed by atoms with Gasteiger partial charge < -0.3 is 5.84 Å². The van der Waals surface area contributed by atoms with E-state index in [0.717, 1.165) is 21.2 Å². The highest BCUT2D eigenvalue weighted by Gasteiger charge is 2.10. The second-order valence-electron chi connectivity index (χ2n) is 4.85. The molecule has 1 heterocycles. The van der Waals surface area contributed by atoms with Crippen LogP contribution < -0.4 is 5.84 Å². The monoisotopic (exact) mass is 374 g/mol. The lowest BCUT2D eigenvalue weighted by molar-refractivity contribution is 0.805. The van der Waals surface area contributed by atoms with E-state index in [0.29, 0.717) is 6.42 Å². The third-order valence-corrected chi connectivity index (χ3v) is 4.76. The Bertz CT molecular complexity index is 741. The van der Waals surface area contributed by atoms with Gasteiger partial charge in [0.25, 0.3) is 0 Å². The van der Waals surface area contributed by atoms with Gasteiger partial charge in [0.15, 0.2) is 5.82 Å². The predicted octanol–water partition coefficient (Wildman–Crippen LogP) is 3.64. The maximum atomic E-state index is 6.10. The highest BCUT2D eigenvalue weighted by atomic mass is 79.9. The molecule has 0 unspecified atom stereocenters. The minimum absolute atomic E-state index is 0.684. The smallest absolute Gasteiger partial charge is 0.210 e. The molecule has 0 atom stereocenters. The van der Waals surface area contributed by atoms with Gasteiger partial charge in [-0.3, -0.25) is 0 Å². The fourth-order valence-corrected chi connectivity index (χ4v) is 3.13. The van der Waals surface area contributed by atoms with E-state index in [1.165, 1.54) is 11.1 Å². The van der Waals surface area contributed by atoms with Crippen molar-refractivity contribution in [3.05, 3.63) is 76.0 Å². The van der Waals surface area contributed by atoms with Crippen LogP contribution in [-0.2, 0) is 12.2 Å². The average molecular weight is 375 g/mol. The highest BCUT2D eigenvalue weighted by Crippen LogP contribution is 2.22. The molecule has 22 heavy (non-hydrogen) atoms.